The summed E-state index contributed by atoms with van der Waals surface area (Å²) in [5.41, 5.74) is 4.05. The number of nitrogens with one attached hydrogen (secondary N) is 2. The number of carbonyl (C=O) groups excluding carboxylic acids is 2. The summed E-state index contributed by atoms with van der Waals surface area (Å²) in [6, 6.07) is 10.1. The van der Waals surface area contributed by atoms with E-state index in [1.165, 1.54) is 20.2 Å². The van der Waals surface area contributed by atoms with Crippen LogP contribution in [0.3, 0.4) is 0 Å². The Morgan fingerprint density at radius 3 is 2.75 bits per heavy atom. The second-order valence-corrected chi connectivity index (χ2v) is 6.45. The van der Waals surface area contributed by atoms with Gasteiger partial charge in [-0.05, 0) is 51.8 Å². The molecule has 2 N–H and O–H groups in total. The normalized spacial score (nSPS) is 10.4. The van der Waals surface area contributed by atoms with Crippen LogP contribution in [-0.2, 0) is 4.79 Å². The molecule has 2 aromatic rings. The van der Waals surface area contributed by atoms with E-state index < -0.39 is 5.91 Å². The lowest BCUT2D eigenvalue weighted by Gasteiger charge is -2.12. The Morgan fingerprint density at radius 2 is 2.07 bits per heavy atom. The summed E-state index contributed by atoms with van der Waals surface area (Å²) in [5, 5.41) is 6.60. The van der Waals surface area contributed by atoms with Gasteiger partial charge in [-0.15, -0.1) is 0 Å². The van der Waals surface area contributed by atoms with Crippen molar-refractivity contribution in [3.05, 3.63) is 64.7 Å². The number of hydrogen-bond acceptors (Lipinski definition) is 5. The van der Waals surface area contributed by atoms with Gasteiger partial charge in [0.25, 0.3) is 5.91 Å². The minimum absolute atomic E-state index is 0.212. The zero-order valence-corrected chi connectivity index (χ0v) is 17.1. The average molecular weight is 446 g/mol. The van der Waals surface area contributed by atoms with E-state index in [2.05, 4.69) is 38.4 Å². The van der Waals surface area contributed by atoms with Crippen LogP contribution in [0.1, 0.15) is 22.8 Å². The van der Waals surface area contributed by atoms with Crippen molar-refractivity contribution in [3.63, 3.8) is 0 Å². The smallest absolute Gasteiger partial charge is 0.271 e. The molecule has 0 fully saturated rings. The third-order valence-corrected chi connectivity index (χ3v) is 4.01. The number of amides is 2. The lowest BCUT2D eigenvalue weighted by Crippen LogP contribution is -2.18. The molecule has 0 radical (unpaired) electrons. The number of benzene rings is 2. The zero-order chi connectivity index (χ0) is 20.5. The maximum Gasteiger partial charge on any atom is 0.271 e. The van der Waals surface area contributed by atoms with Gasteiger partial charge in [-0.2, -0.15) is 5.10 Å². The van der Waals surface area contributed by atoms with E-state index in [1.54, 1.807) is 42.5 Å². The highest BCUT2D eigenvalue weighted by molar-refractivity contribution is 9.10. The fourth-order valence-electron chi connectivity index (χ4n) is 2.27. The molecule has 0 saturated carbocycles. The molecule has 0 aliphatic rings. The Morgan fingerprint density at radius 1 is 1.29 bits per heavy atom. The predicted octanol–water partition coefficient (Wildman–Crippen LogP) is 3.74. The number of hydrazone groups is 1. The largest absolute Gasteiger partial charge is 0.493 e. The third kappa shape index (κ3) is 5.95. The fraction of sp³-hybridized carbons (Fsp3) is 0.150. The van der Waals surface area contributed by atoms with Gasteiger partial charge in [-0.3, -0.25) is 9.59 Å². The number of anilines is 1. The number of carbonyl (C=O) groups is 2. The first-order chi connectivity index (χ1) is 13.4. The Kier molecular flexibility index (Phi) is 7.76. The number of ether oxygens (including phenoxy) is 2. The molecule has 0 aromatic heterocycles. The maximum absolute atomic E-state index is 12.2. The second kappa shape index (κ2) is 10.3. The minimum Gasteiger partial charge on any atom is -0.493 e. The standard InChI is InChI=1S/C20H20BrN3O4/c1-4-8-28-19-17(21)9-14(10-18(19)27-3)12-22-24-20(26)15-6-5-7-16(11-15)23-13(2)25/h4-7,9-12H,1,8H2,2-3H3,(H,23,25)(H,24,26)/b22-12-. The third-order valence-electron chi connectivity index (χ3n) is 3.42. The van der Waals surface area contributed by atoms with E-state index >= 15 is 0 Å². The molecule has 28 heavy (non-hydrogen) atoms. The molecule has 0 atom stereocenters. The Bertz CT molecular complexity index is 912. The van der Waals surface area contributed by atoms with Gasteiger partial charge in [-0.25, -0.2) is 5.43 Å². The molecule has 0 unspecified atom stereocenters. The number of halogens is 1. The first kappa shape index (κ1) is 21.2. The van der Waals surface area contributed by atoms with Crippen molar-refractivity contribution < 1.29 is 19.1 Å². The van der Waals surface area contributed by atoms with Crippen LogP contribution in [-0.4, -0.2) is 31.7 Å². The van der Waals surface area contributed by atoms with E-state index in [0.29, 0.717) is 39.4 Å². The topological polar surface area (TPSA) is 89.0 Å². The van der Waals surface area contributed by atoms with Crippen LogP contribution in [0.15, 0.2) is 58.6 Å². The van der Waals surface area contributed by atoms with Crippen LogP contribution < -0.4 is 20.2 Å². The summed E-state index contributed by atoms with van der Waals surface area (Å²) in [4.78, 5) is 23.4. The summed E-state index contributed by atoms with van der Waals surface area (Å²) < 4.78 is 11.6. The van der Waals surface area contributed by atoms with Gasteiger partial charge in [0.2, 0.25) is 5.91 Å². The van der Waals surface area contributed by atoms with Crippen molar-refractivity contribution in [2.24, 2.45) is 5.10 Å². The summed E-state index contributed by atoms with van der Waals surface area (Å²) in [6.45, 7) is 5.36. The van der Waals surface area contributed by atoms with Crippen molar-refractivity contribution >= 4 is 39.6 Å². The fourth-order valence-corrected chi connectivity index (χ4v) is 2.84. The van der Waals surface area contributed by atoms with E-state index in [4.69, 9.17) is 9.47 Å². The highest BCUT2D eigenvalue weighted by Crippen LogP contribution is 2.36. The van der Waals surface area contributed by atoms with Gasteiger partial charge in [0.15, 0.2) is 11.5 Å². The molecule has 0 heterocycles. The van der Waals surface area contributed by atoms with E-state index in [9.17, 15) is 9.59 Å². The Labute approximate surface area is 171 Å². The molecule has 0 bridgehead atoms. The van der Waals surface area contributed by atoms with E-state index in [0.717, 1.165) is 0 Å². The van der Waals surface area contributed by atoms with Gasteiger partial charge >= 0.3 is 0 Å². The molecule has 7 nitrogen and oxygen atoms in total. The molecular formula is C20H20BrN3O4. The zero-order valence-electron chi connectivity index (χ0n) is 15.5. The van der Waals surface area contributed by atoms with Gasteiger partial charge in [0.1, 0.15) is 6.61 Å². The SMILES string of the molecule is C=CCOc1c(Br)cc(/C=N\NC(=O)c2cccc(NC(C)=O)c2)cc1OC. The average Bonchev–Trinajstić information content (AvgIpc) is 2.66. The molecule has 0 saturated heterocycles. The summed E-state index contributed by atoms with van der Waals surface area (Å²) in [7, 11) is 1.54. The summed E-state index contributed by atoms with van der Waals surface area (Å²) in [5.74, 6) is 0.460. The van der Waals surface area contributed by atoms with Gasteiger partial charge in [0.05, 0.1) is 17.8 Å². The van der Waals surface area contributed by atoms with Crippen molar-refractivity contribution in [2.45, 2.75) is 6.92 Å². The molecule has 0 aliphatic heterocycles. The molecule has 2 aromatic carbocycles. The van der Waals surface area contributed by atoms with Crippen molar-refractivity contribution in [3.8, 4) is 11.5 Å². The summed E-state index contributed by atoms with van der Waals surface area (Å²) >= 11 is 3.43. The van der Waals surface area contributed by atoms with Gasteiger partial charge < -0.3 is 14.8 Å². The Balaban J connectivity index is 2.09. The highest BCUT2D eigenvalue weighted by Gasteiger charge is 2.11. The molecule has 0 spiro atoms. The highest BCUT2D eigenvalue weighted by atomic mass is 79.9. The van der Waals surface area contributed by atoms with Gasteiger partial charge in [0, 0.05) is 18.2 Å². The number of rotatable bonds is 8. The van der Waals surface area contributed by atoms with Crippen molar-refractivity contribution in [1.29, 1.82) is 0 Å². The lowest BCUT2D eigenvalue weighted by molar-refractivity contribution is -0.114. The Hall–Kier alpha value is -3.13. The monoisotopic (exact) mass is 445 g/mol. The molecule has 2 amide bonds. The van der Waals surface area contributed by atoms with Crippen LogP contribution in [0.25, 0.3) is 0 Å². The quantitative estimate of drug-likeness (QED) is 0.367. The molecule has 0 aliphatic carbocycles. The van der Waals surface area contributed by atoms with Crippen LogP contribution in [0.2, 0.25) is 0 Å². The van der Waals surface area contributed by atoms with Crippen molar-refractivity contribution in [1.82, 2.24) is 5.43 Å². The lowest BCUT2D eigenvalue weighted by atomic mass is 10.2. The minimum atomic E-state index is -0.402. The van der Waals surface area contributed by atoms with Crippen LogP contribution in [0.5, 0.6) is 11.5 Å². The molecule has 146 valence electrons. The predicted molar refractivity (Wildman–Crippen MR) is 112 cm³/mol. The summed E-state index contributed by atoms with van der Waals surface area (Å²) in [6.07, 6.45) is 3.12. The van der Waals surface area contributed by atoms with Crippen LogP contribution >= 0.6 is 15.9 Å². The molecule has 8 heteroatoms. The first-order valence-electron chi connectivity index (χ1n) is 8.27. The first-order valence-corrected chi connectivity index (χ1v) is 9.06. The second-order valence-electron chi connectivity index (χ2n) is 5.59. The van der Waals surface area contributed by atoms with E-state index in [1.807, 2.05) is 0 Å². The number of hydrogen-bond donors (Lipinski definition) is 2. The van der Waals surface area contributed by atoms with E-state index in [-0.39, 0.29) is 5.91 Å². The van der Waals surface area contributed by atoms with Crippen LogP contribution in [0, 0.1) is 0 Å². The number of nitrogens with zero attached hydrogens (tertiary/aromatic N) is 1. The maximum atomic E-state index is 12.2. The van der Waals surface area contributed by atoms with Crippen LogP contribution in [0.4, 0.5) is 5.69 Å². The van der Waals surface area contributed by atoms with Gasteiger partial charge in [-0.1, -0.05) is 18.7 Å². The molecule has 2 rings (SSSR count). The van der Waals surface area contributed by atoms with Crippen molar-refractivity contribution in [2.75, 3.05) is 19.0 Å². The number of methoxy groups -OCH3 is 1. The molecular weight excluding hydrogens is 426 g/mol.